The summed E-state index contributed by atoms with van der Waals surface area (Å²) < 4.78 is 1.93. The molecule has 0 aliphatic heterocycles. The number of hydrogen-bond donors (Lipinski definition) is 0. The molecule has 0 saturated carbocycles. The van der Waals surface area contributed by atoms with Gasteiger partial charge in [0, 0.05) is 19.2 Å². The number of aryl methyl sites for hydroxylation is 1. The van der Waals surface area contributed by atoms with Crippen molar-refractivity contribution in [2.24, 2.45) is 5.92 Å². The minimum absolute atomic E-state index is 0.763. The summed E-state index contributed by atoms with van der Waals surface area (Å²) in [5, 5.41) is 8.21. The van der Waals surface area contributed by atoms with Gasteiger partial charge in [0.2, 0.25) is 0 Å². The van der Waals surface area contributed by atoms with E-state index in [1.807, 2.05) is 17.8 Å². The van der Waals surface area contributed by atoms with Crippen LogP contribution in [0.1, 0.15) is 39.3 Å². The van der Waals surface area contributed by atoms with Crippen LogP contribution in [-0.2, 0) is 13.0 Å². The maximum Gasteiger partial charge on any atom is 0.0867 e. The van der Waals surface area contributed by atoms with E-state index in [-0.39, 0.29) is 0 Å². The fraction of sp³-hybridized carbons (Fsp3) is 0.667. The molecule has 0 aliphatic carbocycles. The highest BCUT2D eigenvalue weighted by atomic mass is 15.4. The summed E-state index contributed by atoms with van der Waals surface area (Å²) in [6, 6.07) is 0. The quantitative estimate of drug-likeness (QED) is 0.671. The summed E-state index contributed by atoms with van der Waals surface area (Å²) >= 11 is 0. The normalized spacial score (nSPS) is 12.7. The van der Waals surface area contributed by atoms with Gasteiger partial charge in [0.05, 0.1) is 5.69 Å². The van der Waals surface area contributed by atoms with Gasteiger partial charge in [-0.3, -0.25) is 4.68 Å². The van der Waals surface area contributed by atoms with Crippen LogP contribution in [0, 0.1) is 5.92 Å². The number of aromatic nitrogens is 3. The second-order valence-electron chi connectivity index (χ2n) is 4.41. The first kappa shape index (κ1) is 12.0. The van der Waals surface area contributed by atoms with Gasteiger partial charge in [0.25, 0.3) is 0 Å². The Morgan fingerprint density at radius 3 is 2.93 bits per heavy atom. The summed E-state index contributed by atoms with van der Waals surface area (Å²) in [5.41, 5.74) is 2.15. The molecule has 0 aliphatic rings. The molecule has 0 fully saturated rings. The Bertz CT molecular complexity index is 314. The zero-order chi connectivity index (χ0) is 11.3. The summed E-state index contributed by atoms with van der Waals surface area (Å²) in [6.07, 6.45) is 5.26. The van der Waals surface area contributed by atoms with E-state index in [1.165, 1.54) is 12.8 Å². The van der Waals surface area contributed by atoms with Crippen LogP contribution in [0.3, 0.4) is 0 Å². The summed E-state index contributed by atoms with van der Waals surface area (Å²) in [5.74, 6) is 0.763. The van der Waals surface area contributed by atoms with Gasteiger partial charge in [0.1, 0.15) is 0 Å². The van der Waals surface area contributed by atoms with Gasteiger partial charge in [-0.05, 0) is 19.3 Å². The number of rotatable bonds is 6. The predicted octanol–water partition coefficient (Wildman–Crippen LogP) is 2.83. The van der Waals surface area contributed by atoms with Gasteiger partial charge in [-0.1, -0.05) is 37.6 Å². The molecular formula is C12H21N3. The van der Waals surface area contributed by atoms with Crippen molar-refractivity contribution in [1.82, 2.24) is 15.0 Å². The first-order valence-corrected chi connectivity index (χ1v) is 5.65. The molecule has 0 saturated heterocycles. The Morgan fingerprint density at radius 1 is 1.60 bits per heavy atom. The molecule has 1 unspecified atom stereocenters. The molecule has 0 amide bonds. The molecule has 3 nitrogen and oxygen atoms in total. The van der Waals surface area contributed by atoms with Crippen LogP contribution in [0.15, 0.2) is 18.3 Å². The smallest absolute Gasteiger partial charge is 0.0867 e. The highest BCUT2D eigenvalue weighted by Gasteiger charge is 2.03. The monoisotopic (exact) mass is 207 g/mol. The van der Waals surface area contributed by atoms with Gasteiger partial charge in [0.15, 0.2) is 0 Å². The third-order valence-corrected chi connectivity index (χ3v) is 2.62. The van der Waals surface area contributed by atoms with Crippen LogP contribution in [0.25, 0.3) is 0 Å². The van der Waals surface area contributed by atoms with E-state index in [2.05, 4.69) is 30.7 Å². The third-order valence-electron chi connectivity index (χ3n) is 2.62. The zero-order valence-electron chi connectivity index (χ0n) is 10.0. The largest absolute Gasteiger partial charge is 0.252 e. The lowest BCUT2D eigenvalue weighted by Crippen LogP contribution is -2.03. The van der Waals surface area contributed by atoms with Crippen molar-refractivity contribution in [2.45, 2.75) is 46.6 Å². The Labute approximate surface area is 92.2 Å². The molecule has 3 heteroatoms. The van der Waals surface area contributed by atoms with Crippen molar-refractivity contribution in [3.63, 3.8) is 0 Å². The molecule has 1 rings (SSSR count). The Hall–Kier alpha value is -1.12. The number of allylic oxidation sites excluding steroid dienone is 1. The predicted molar refractivity (Wildman–Crippen MR) is 62.6 cm³/mol. The third kappa shape index (κ3) is 4.28. The minimum atomic E-state index is 0.763. The SMILES string of the molecule is C=C(C)Cc1cn(CCC(C)CC)nn1. The maximum atomic E-state index is 4.11. The van der Waals surface area contributed by atoms with Crippen LogP contribution in [0.4, 0.5) is 0 Å². The molecule has 0 bridgehead atoms. The van der Waals surface area contributed by atoms with E-state index in [0.29, 0.717) is 0 Å². The van der Waals surface area contributed by atoms with Gasteiger partial charge >= 0.3 is 0 Å². The maximum absolute atomic E-state index is 4.11. The highest BCUT2D eigenvalue weighted by molar-refractivity contribution is 5.05. The molecule has 84 valence electrons. The molecule has 1 atom stereocenters. The zero-order valence-corrected chi connectivity index (χ0v) is 10.0. The van der Waals surface area contributed by atoms with E-state index < -0.39 is 0 Å². The Morgan fingerprint density at radius 2 is 2.33 bits per heavy atom. The van der Waals surface area contributed by atoms with Crippen molar-refractivity contribution < 1.29 is 0 Å². The van der Waals surface area contributed by atoms with E-state index in [1.54, 1.807) is 0 Å². The molecule has 0 radical (unpaired) electrons. The van der Waals surface area contributed by atoms with E-state index in [9.17, 15) is 0 Å². The van der Waals surface area contributed by atoms with Crippen molar-refractivity contribution >= 4 is 0 Å². The number of nitrogens with zero attached hydrogens (tertiary/aromatic N) is 3. The van der Waals surface area contributed by atoms with Crippen LogP contribution in [0.5, 0.6) is 0 Å². The van der Waals surface area contributed by atoms with E-state index in [0.717, 1.165) is 30.2 Å². The molecular weight excluding hydrogens is 186 g/mol. The molecule has 0 N–H and O–H groups in total. The van der Waals surface area contributed by atoms with Gasteiger partial charge in [-0.2, -0.15) is 0 Å². The first-order valence-electron chi connectivity index (χ1n) is 5.65. The highest BCUT2D eigenvalue weighted by Crippen LogP contribution is 2.08. The lowest BCUT2D eigenvalue weighted by Gasteiger charge is -2.06. The fourth-order valence-corrected chi connectivity index (χ4v) is 1.39. The lowest BCUT2D eigenvalue weighted by molar-refractivity contribution is 0.443. The van der Waals surface area contributed by atoms with Gasteiger partial charge in [-0.25, -0.2) is 0 Å². The second-order valence-corrected chi connectivity index (χ2v) is 4.41. The van der Waals surface area contributed by atoms with Crippen LogP contribution < -0.4 is 0 Å². The topological polar surface area (TPSA) is 30.7 Å². The first-order chi connectivity index (χ1) is 7.11. The average molecular weight is 207 g/mol. The average Bonchev–Trinajstić information content (AvgIpc) is 2.61. The van der Waals surface area contributed by atoms with Crippen LogP contribution in [-0.4, -0.2) is 15.0 Å². The number of hydrogen-bond acceptors (Lipinski definition) is 2. The molecule has 1 aromatic heterocycles. The fourth-order valence-electron chi connectivity index (χ4n) is 1.39. The summed E-state index contributed by atoms with van der Waals surface area (Å²) in [6.45, 7) is 11.3. The Kier molecular flexibility index (Phi) is 4.53. The molecule has 0 spiro atoms. The summed E-state index contributed by atoms with van der Waals surface area (Å²) in [4.78, 5) is 0. The standard InChI is InChI=1S/C12H21N3/c1-5-11(4)6-7-15-9-12(13-14-15)8-10(2)3/h9,11H,2,5-8H2,1,3-4H3. The van der Waals surface area contributed by atoms with Crippen molar-refractivity contribution in [2.75, 3.05) is 0 Å². The molecule has 15 heavy (non-hydrogen) atoms. The van der Waals surface area contributed by atoms with Crippen LogP contribution >= 0.6 is 0 Å². The van der Waals surface area contributed by atoms with Crippen LogP contribution in [0.2, 0.25) is 0 Å². The van der Waals surface area contributed by atoms with Gasteiger partial charge < -0.3 is 0 Å². The van der Waals surface area contributed by atoms with Crippen molar-refractivity contribution in [3.05, 3.63) is 24.0 Å². The minimum Gasteiger partial charge on any atom is -0.252 e. The van der Waals surface area contributed by atoms with Crippen molar-refractivity contribution in [3.8, 4) is 0 Å². The molecule has 1 aromatic rings. The second kappa shape index (κ2) is 5.69. The lowest BCUT2D eigenvalue weighted by atomic mass is 10.1. The van der Waals surface area contributed by atoms with Gasteiger partial charge in [-0.15, -0.1) is 5.10 Å². The molecule has 1 heterocycles. The molecule has 0 aromatic carbocycles. The summed E-state index contributed by atoms with van der Waals surface area (Å²) in [7, 11) is 0. The van der Waals surface area contributed by atoms with Crippen molar-refractivity contribution in [1.29, 1.82) is 0 Å². The van der Waals surface area contributed by atoms with E-state index >= 15 is 0 Å². The van der Waals surface area contributed by atoms with E-state index in [4.69, 9.17) is 0 Å². The Balaban J connectivity index is 2.42.